The fourth-order valence-electron chi connectivity index (χ4n) is 2.47. The SMILES string of the molecule is CCCNc1ncc(S(=O)(=O)NC2CCCCCC2)cn1. The highest BCUT2D eigenvalue weighted by Crippen LogP contribution is 2.19. The van der Waals surface area contributed by atoms with Crippen molar-refractivity contribution in [2.75, 3.05) is 11.9 Å². The molecule has 2 rings (SSSR count). The first kappa shape index (κ1) is 16.2. The smallest absolute Gasteiger partial charge is 0.243 e. The van der Waals surface area contributed by atoms with Crippen molar-refractivity contribution in [1.82, 2.24) is 14.7 Å². The van der Waals surface area contributed by atoms with Gasteiger partial charge >= 0.3 is 0 Å². The lowest BCUT2D eigenvalue weighted by Crippen LogP contribution is -2.34. The number of anilines is 1. The van der Waals surface area contributed by atoms with Gasteiger partial charge in [-0.1, -0.05) is 32.6 Å². The highest BCUT2D eigenvalue weighted by atomic mass is 32.2. The molecule has 21 heavy (non-hydrogen) atoms. The Morgan fingerprint density at radius 1 is 1.14 bits per heavy atom. The molecule has 2 N–H and O–H groups in total. The summed E-state index contributed by atoms with van der Waals surface area (Å²) in [7, 11) is -3.52. The quantitative estimate of drug-likeness (QED) is 0.787. The van der Waals surface area contributed by atoms with Crippen LogP contribution in [0.4, 0.5) is 5.95 Å². The Kier molecular flexibility index (Phi) is 5.93. The lowest BCUT2D eigenvalue weighted by Gasteiger charge is -2.16. The van der Waals surface area contributed by atoms with E-state index >= 15 is 0 Å². The predicted octanol–water partition coefficient (Wildman–Crippen LogP) is 2.30. The molecule has 6 nitrogen and oxygen atoms in total. The molecule has 0 atom stereocenters. The van der Waals surface area contributed by atoms with Crippen LogP contribution >= 0.6 is 0 Å². The normalized spacial score (nSPS) is 17.4. The fraction of sp³-hybridized carbons (Fsp3) is 0.714. The van der Waals surface area contributed by atoms with Crippen LogP contribution in [0.1, 0.15) is 51.9 Å². The summed E-state index contributed by atoms with van der Waals surface area (Å²) in [4.78, 5) is 8.24. The molecule has 1 heterocycles. The van der Waals surface area contributed by atoms with E-state index in [1.807, 2.05) is 6.92 Å². The van der Waals surface area contributed by atoms with E-state index in [4.69, 9.17) is 0 Å². The van der Waals surface area contributed by atoms with Crippen molar-refractivity contribution >= 4 is 16.0 Å². The van der Waals surface area contributed by atoms with Gasteiger partial charge < -0.3 is 5.32 Å². The molecule has 1 fully saturated rings. The van der Waals surface area contributed by atoms with Crippen molar-refractivity contribution in [3.63, 3.8) is 0 Å². The summed E-state index contributed by atoms with van der Waals surface area (Å²) < 4.78 is 27.4. The second-order valence-electron chi connectivity index (χ2n) is 5.48. The average Bonchev–Trinajstić information content (AvgIpc) is 2.73. The first-order chi connectivity index (χ1) is 10.1. The molecule has 0 amide bonds. The number of hydrogen-bond donors (Lipinski definition) is 2. The zero-order valence-corrected chi connectivity index (χ0v) is 13.3. The number of sulfonamides is 1. The maximum absolute atomic E-state index is 12.3. The van der Waals surface area contributed by atoms with Gasteiger partial charge in [0.25, 0.3) is 0 Å². The second kappa shape index (κ2) is 7.70. The maximum Gasteiger partial charge on any atom is 0.243 e. The van der Waals surface area contributed by atoms with Gasteiger partial charge in [-0.15, -0.1) is 0 Å². The van der Waals surface area contributed by atoms with Crippen LogP contribution < -0.4 is 10.0 Å². The minimum Gasteiger partial charge on any atom is -0.354 e. The average molecular weight is 312 g/mol. The van der Waals surface area contributed by atoms with Crippen LogP contribution in [0.3, 0.4) is 0 Å². The van der Waals surface area contributed by atoms with Gasteiger partial charge in [0.1, 0.15) is 4.90 Å². The van der Waals surface area contributed by atoms with E-state index in [2.05, 4.69) is 20.0 Å². The van der Waals surface area contributed by atoms with Gasteiger partial charge in [0.05, 0.1) is 12.4 Å². The van der Waals surface area contributed by atoms with E-state index in [-0.39, 0.29) is 10.9 Å². The molecule has 1 aromatic rings. The molecular weight excluding hydrogens is 288 g/mol. The molecule has 0 aliphatic heterocycles. The van der Waals surface area contributed by atoms with Crippen LogP contribution in [-0.4, -0.2) is 31.0 Å². The van der Waals surface area contributed by atoms with Crippen LogP contribution in [0, 0.1) is 0 Å². The van der Waals surface area contributed by atoms with Crippen molar-refractivity contribution < 1.29 is 8.42 Å². The standard InChI is InChI=1S/C14H24N4O2S/c1-2-9-15-14-16-10-13(11-17-14)21(19,20)18-12-7-5-3-4-6-8-12/h10-12,18H,2-9H2,1H3,(H,15,16,17). The predicted molar refractivity (Wildman–Crippen MR) is 82.6 cm³/mol. The third kappa shape index (κ3) is 4.93. The van der Waals surface area contributed by atoms with E-state index in [0.29, 0.717) is 5.95 Å². The fourth-order valence-corrected chi connectivity index (χ4v) is 3.66. The van der Waals surface area contributed by atoms with Crippen molar-refractivity contribution in [1.29, 1.82) is 0 Å². The molecule has 118 valence electrons. The molecule has 0 radical (unpaired) electrons. The largest absolute Gasteiger partial charge is 0.354 e. The van der Waals surface area contributed by atoms with Gasteiger partial charge in [0, 0.05) is 12.6 Å². The molecule has 0 aromatic carbocycles. The molecule has 0 bridgehead atoms. The topological polar surface area (TPSA) is 84.0 Å². The van der Waals surface area contributed by atoms with Crippen LogP contribution in [0.2, 0.25) is 0 Å². The highest BCUT2D eigenvalue weighted by Gasteiger charge is 2.21. The molecule has 0 spiro atoms. The highest BCUT2D eigenvalue weighted by molar-refractivity contribution is 7.89. The molecule has 0 unspecified atom stereocenters. The Morgan fingerprint density at radius 2 is 1.76 bits per heavy atom. The third-order valence-corrected chi connectivity index (χ3v) is 5.12. The summed E-state index contributed by atoms with van der Waals surface area (Å²) in [6.07, 6.45) is 10.1. The van der Waals surface area contributed by atoms with E-state index in [9.17, 15) is 8.42 Å². The molecule has 7 heteroatoms. The molecule has 1 saturated carbocycles. The number of rotatable bonds is 6. The van der Waals surface area contributed by atoms with Gasteiger partial charge in [-0.2, -0.15) is 0 Å². The first-order valence-corrected chi connectivity index (χ1v) is 9.18. The summed E-state index contributed by atoms with van der Waals surface area (Å²) in [5.41, 5.74) is 0. The maximum atomic E-state index is 12.3. The monoisotopic (exact) mass is 312 g/mol. The van der Waals surface area contributed by atoms with E-state index in [1.54, 1.807) is 0 Å². The number of nitrogens with zero attached hydrogens (tertiary/aromatic N) is 2. The number of nitrogens with one attached hydrogen (secondary N) is 2. The first-order valence-electron chi connectivity index (χ1n) is 7.70. The second-order valence-corrected chi connectivity index (χ2v) is 7.19. The van der Waals surface area contributed by atoms with Crippen LogP contribution in [0.15, 0.2) is 17.3 Å². The van der Waals surface area contributed by atoms with Gasteiger partial charge in [-0.3, -0.25) is 0 Å². The molecule has 1 aliphatic rings. The Labute approximate surface area is 126 Å². The molecule has 0 saturated heterocycles. The Bertz CT molecular complexity index is 522. The van der Waals surface area contributed by atoms with Crippen LogP contribution in [0.25, 0.3) is 0 Å². The van der Waals surface area contributed by atoms with Crippen molar-refractivity contribution in [3.05, 3.63) is 12.4 Å². The molecule has 1 aromatic heterocycles. The number of hydrogen-bond acceptors (Lipinski definition) is 5. The van der Waals surface area contributed by atoms with Gasteiger partial charge in [-0.05, 0) is 19.3 Å². The van der Waals surface area contributed by atoms with E-state index < -0.39 is 10.0 Å². The van der Waals surface area contributed by atoms with E-state index in [1.165, 1.54) is 25.2 Å². The summed E-state index contributed by atoms with van der Waals surface area (Å²) in [6.45, 7) is 2.81. The van der Waals surface area contributed by atoms with Gasteiger partial charge in [0.2, 0.25) is 16.0 Å². The summed E-state index contributed by atoms with van der Waals surface area (Å²) in [5.74, 6) is 0.463. The molecule has 1 aliphatic carbocycles. The summed E-state index contributed by atoms with van der Waals surface area (Å²) in [5, 5.41) is 3.03. The zero-order chi connectivity index (χ0) is 15.1. The third-order valence-electron chi connectivity index (χ3n) is 3.65. The Hall–Kier alpha value is -1.21. The lowest BCUT2D eigenvalue weighted by molar-refractivity contribution is 0.509. The summed E-state index contributed by atoms with van der Waals surface area (Å²) in [6, 6.07) is 0.0374. The van der Waals surface area contributed by atoms with Crippen molar-refractivity contribution in [2.45, 2.75) is 62.8 Å². The number of aromatic nitrogens is 2. The van der Waals surface area contributed by atoms with Crippen molar-refractivity contribution in [3.8, 4) is 0 Å². The zero-order valence-electron chi connectivity index (χ0n) is 12.5. The van der Waals surface area contributed by atoms with Gasteiger partial charge in [0.15, 0.2) is 0 Å². The minimum atomic E-state index is -3.52. The van der Waals surface area contributed by atoms with Crippen LogP contribution in [-0.2, 0) is 10.0 Å². The minimum absolute atomic E-state index is 0.0374. The van der Waals surface area contributed by atoms with E-state index in [0.717, 1.165) is 38.6 Å². The Morgan fingerprint density at radius 3 is 2.33 bits per heavy atom. The van der Waals surface area contributed by atoms with Crippen LogP contribution in [0.5, 0.6) is 0 Å². The lowest BCUT2D eigenvalue weighted by atomic mass is 10.1. The Balaban J connectivity index is 2.01. The molecular formula is C14H24N4O2S. The van der Waals surface area contributed by atoms with Crippen molar-refractivity contribution in [2.24, 2.45) is 0 Å². The van der Waals surface area contributed by atoms with Gasteiger partial charge in [-0.25, -0.2) is 23.1 Å². The summed E-state index contributed by atoms with van der Waals surface area (Å²) >= 11 is 0.